The third-order valence-electron chi connectivity index (χ3n) is 2.21. The summed E-state index contributed by atoms with van der Waals surface area (Å²) in [5, 5.41) is 0. The Morgan fingerprint density at radius 2 is 1.54 bits per heavy atom. The topological polar surface area (TPSA) is 63.2 Å². The van der Waals surface area contributed by atoms with Gasteiger partial charge in [-0.2, -0.15) is 0 Å². The van der Waals surface area contributed by atoms with E-state index in [1.807, 2.05) is 0 Å². The minimum absolute atomic E-state index is 0. The molecule has 1 fully saturated rings. The van der Waals surface area contributed by atoms with Gasteiger partial charge in [-0.15, -0.1) is 0 Å². The van der Waals surface area contributed by atoms with E-state index in [1.165, 1.54) is 6.42 Å². The molecule has 0 spiro atoms. The summed E-state index contributed by atoms with van der Waals surface area (Å²) >= 11 is 0. The second-order valence-corrected chi connectivity index (χ2v) is 4.88. The Hall–Kier alpha value is 3.42. The molecule has 0 bridgehead atoms. The molecule has 6 heteroatoms. The predicted octanol–water partition coefficient (Wildman–Crippen LogP) is -5.51. The van der Waals surface area contributed by atoms with E-state index in [0.29, 0.717) is 0 Å². The van der Waals surface area contributed by atoms with Gasteiger partial charge in [0.25, 0.3) is 0 Å². The van der Waals surface area contributed by atoms with Crippen molar-refractivity contribution in [2.24, 2.45) is 5.92 Å². The molecule has 0 amide bonds. The van der Waals surface area contributed by atoms with Crippen molar-refractivity contribution in [3.63, 3.8) is 0 Å². The van der Waals surface area contributed by atoms with Crippen molar-refractivity contribution in [1.29, 1.82) is 0 Å². The standard InChI is InChI=1S/C7H15O3P.2K/c8-11(9,10)6-7-4-2-1-3-5-7;;/h7H,1-6H2,(H2,8,9,10);;/q;2*+1/p-2. The van der Waals surface area contributed by atoms with Crippen LogP contribution in [0.15, 0.2) is 0 Å². The van der Waals surface area contributed by atoms with E-state index < -0.39 is 7.60 Å². The zero-order chi connectivity index (χ0) is 8.32. The van der Waals surface area contributed by atoms with Gasteiger partial charge in [0.1, 0.15) is 0 Å². The van der Waals surface area contributed by atoms with E-state index >= 15 is 0 Å². The van der Waals surface area contributed by atoms with Gasteiger partial charge >= 0.3 is 103 Å². The SMILES string of the molecule is O=P([O-])([O-])CC1CCCCC1.[K+].[K+]. The van der Waals surface area contributed by atoms with E-state index in [-0.39, 0.29) is 115 Å². The van der Waals surface area contributed by atoms with Crippen LogP contribution in [0.25, 0.3) is 0 Å². The van der Waals surface area contributed by atoms with Gasteiger partial charge in [-0.3, -0.25) is 0 Å². The smallest absolute Gasteiger partial charge is 0.811 e. The Morgan fingerprint density at radius 3 is 1.92 bits per heavy atom. The van der Waals surface area contributed by atoms with E-state index in [1.54, 1.807) is 0 Å². The van der Waals surface area contributed by atoms with Crippen LogP contribution in [0.1, 0.15) is 32.1 Å². The Morgan fingerprint density at radius 1 is 1.08 bits per heavy atom. The third-order valence-corrected chi connectivity index (χ3v) is 3.17. The Labute approximate surface area is 165 Å². The largest absolute Gasteiger partial charge is 1.00 e. The second-order valence-electron chi connectivity index (χ2n) is 3.30. The van der Waals surface area contributed by atoms with Crippen LogP contribution < -0.4 is 113 Å². The van der Waals surface area contributed by atoms with E-state index in [4.69, 9.17) is 0 Å². The third kappa shape index (κ3) is 10.3. The average Bonchev–Trinajstić information content (AvgIpc) is 1.85. The van der Waals surface area contributed by atoms with Crippen LogP contribution in [0.2, 0.25) is 0 Å². The Balaban J connectivity index is 0. The number of hydrogen-bond acceptors (Lipinski definition) is 3. The molecule has 0 unspecified atom stereocenters. The Bertz CT molecular complexity index is 165. The second kappa shape index (κ2) is 9.45. The number of hydrogen-bond donors (Lipinski definition) is 0. The maximum atomic E-state index is 10.4. The van der Waals surface area contributed by atoms with Crippen molar-refractivity contribution in [2.75, 3.05) is 6.16 Å². The molecule has 1 saturated carbocycles. The summed E-state index contributed by atoms with van der Waals surface area (Å²) in [5.74, 6) is 0.157. The quantitative estimate of drug-likeness (QED) is 0.365. The summed E-state index contributed by atoms with van der Waals surface area (Å²) in [6.45, 7) is 0. The summed E-state index contributed by atoms with van der Waals surface area (Å²) in [6, 6.07) is 0. The molecule has 1 aliphatic rings. The predicted molar refractivity (Wildman–Crippen MR) is 39.0 cm³/mol. The van der Waals surface area contributed by atoms with Crippen LogP contribution in [0.4, 0.5) is 0 Å². The monoisotopic (exact) mass is 254 g/mol. The van der Waals surface area contributed by atoms with Gasteiger partial charge in [-0.25, -0.2) is 0 Å². The van der Waals surface area contributed by atoms with Crippen molar-refractivity contribution in [1.82, 2.24) is 0 Å². The van der Waals surface area contributed by atoms with Gasteiger partial charge < -0.3 is 14.4 Å². The Kier molecular flexibility index (Phi) is 13.7. The minimum Gasteiger partial charge on any atom is -0.811 e. The first-order valence-electron chi connectivity index (χ1n) is 4.09. The fourth-order valence-corrected chi connectivity index (χ4v) is 2.68. The van der Waals surface area contributed by atoms with E-state index in [9.17, 15) is 14.4 Å². The first kappa shape index (κ1) is 18.8. The van der Waals surface area contributed by atoms with Crippen LogP contribution in [-0.4, -0.2) is 6.16 Å². The van der Waals surface area contributed by atoms with Crippen LogP contribution in [0.5, 0.6) is 0 Å². The molecule has 1 rings (SSSR count). The fourth-order valence-electron chi connectivity index (χ4n) is 1.69. The van der Waals surface area contributed by atoms with Gasteiger partial charge in [0, 0.05) is 0 Å². The zero-order valence-corrected chi connectivity index (χ0v) is 15.6. The van der Waals surface area contributed by atoms with Crippen LogP contribution >= 0.6 is 7.60 Å². The molecular formula is C7H13K2O3P. The molecule has 0 aromatic carbocycles. The van der Waals surface area contributed by atoms with Gasteiger partial charge in [0.2, 0.25) is 0 Å². The van der Waals surface area contributed by atoms with Crippen LogP contribution in [0, 0.1) is 5.92 Å². The number of rotatable bonds is 2. The molecule has 3 nitrogen and oxygen atoms in total. The van der Waals surface area contributed by atoms with Crippen LogP contribution in [-0.2, 0) is 4.57 Å². The van der Waals surface area contributed by atoms with Gasteiger partial charge in [-0.05, 0) is 12.1 Å². The molecule has 0 aromatic heterocycles. The fraction of sp³-hybridized carbons (Fsp3) is 1.00. The normalized spacial score (nSPS) is 18.6. The molecule has 0 atom stereocenters. The summed E-state index contributed by atoms with van der Waals surface area (Å²) in [6.07, 6.45) is 5.10. The summed E-state index contributed by atoms with van der Waals surface area (Å²) in [4.78, 5) is 20.7. The van der Waals surface area contributed by atoms with Gasteiger partial charge in [-0.1, -0.05) is 39.7 Å². The first-order valence-corrected chi connectivity index (χ1v) is 5.82. The molecule has 66 valence electrons. The van der Waals surface area contributed by atoms with Crippen molar-refractivity contribution >= 4 is 7.60 Å². The van der Waals surface area contributed by atoms with E-state index in [2.05, 4.69) is 0 Å². The van der Waals surface area contributed by atoms with Gasteiger partial charge in [0.15, 0.2) is 0 Å². The van der Waals surface area contributed by atoms with Crippen LogP contribution in [0.3, 0.4) is 0 Å². The van der Waals surface area contributed by atoms with Crippen molar-refractivity contribution in [3.8, 4) is 0 Å². The maximum Gasteiger partial charge on any atom is 1.00 e. The molecule has 0 radical (unpaired) electrons. The molecule has 13 heavy (non-hydrogen) atoms. The average molecular weight is 254 g/mol. The van der Waals surface area contributed by atoms with Gasteiger partial charge in [0.05, 0.1) is 0 Å². The van der Waals surface area contributed by atoms with Crippen molar-refractivity contribution in [3.05, 3.63) is 0 Å². The molecular weight excluding hydrogens is 241 g/mol. The molecule has 0 aliphatic heterocycles. The summed E-state index contributed by atoms with van der Waals surface area (Å²) in [5.41, 5.74) is 0. The minimum atomic E-state index is -4.23. The summed E-state index contributed by atoms with van der Waals surface area (Å²) in [7, 11) is -4.23. The molecule has 1 aliphatic carbocycles. The molecule has 0 N–H and O–H groups in total. The zero-order valence-electron chi connectivity index (χ0n) is 8.49. The maximum absolute atomic E-state index is 10.4. The van der Waals surface area contributed by atoms with Crippen molar-refractivity contribution < 1.29 is 117 Å². The van der Waals surface area contributed by atoms with Crippen molar-refractivity contribution in [2.45, 2.75) is 32.1 Å². The summed E-state index contributed by atoms with van der Waals surface area (Å²) < 4.78 is 10.4. The molecule has 0 heterocycles. The first-order chi connectivity index (χ1) is 5.08. The molecule has 0 saturated heterocycles. The molecule has 0 aromatic rings. The van der Waals surface area contributed by atoms with E-state index in [0.717, 1.165) is 25.7 Å².